The first-order chi connectivity index (χ1) is 15.1. The van der Waals surface area contributed by atoms with E-state index in [0.717, 1.165) is 64.2 Å². The fourth-order valence-electron chi connectivity index (χ4n) is 4.72. The Morgan fingerprint density at radius 1 is 0.903 bits per heavy atom. The van der Waals surface area contributed by atoms with Gasteiger partial charge >= 0.3 is 0 Å². The molecule has 1 atom stereocenters. The van der Waals surface area contributed by atoms with Gasteiger partial charge in [0.05, 0.1) is 0 Å². The van der Waals surface area contributed by atoms with E-state index in [-0.39, 0.29) is 35.8 Å². The van der Waals surface area contributed by atoms with Crippen molar-refractivity contribution in [3.05, 3.63) is 35.9 Å². The lowest BCUT2D eigenvalue weighted by Crippen LogP contribution is -2.50. The molecule has 0 radical (unpaired) electrons. The Morgan fingerprint density at radius 3 is 2.26 bits per heavy atom. The third kappa shape index (κ3) is 6.81. The van der Waals surface area contributed by atoms with Crippen molar-refractivity contribution in [1.82, 2.24) is 15.5 Å². The monoisotopic (exact) mass is 427 g/mol. The van der Waals surface area contributed by atoms with Crippen LogP contribution in [-0.4, -0.2) is 47.3 Å². The maximum absolute atomic E-state index is 12.9. The summed E-state index contributed by atoms with van der Waals surface area (Å²) < 4.78 is 0. The van der Waals surface area contributed by atoms with Crippen LogP contribution in [0.25, 0.3) is 0 Å². The largest absolute Gasteiger partial charge is 0.352 e. The van der Waals surface area contributed by atoms with Gasteiger partial charge < -0.3 is 15.5 Å². The molecule has 1 heterocycles. The van der Waals surface area contributed by atoms with Crippen LogP contribution in [0.4, 0.5) is 0 Å². The Hall–Kier alpha value is -2.37. The minimum absolute atomic E-state index is 0.00354. The topological polar surface area (TPSA) is 78.5 Å². The molecule has 1 aromatic carbocycles. The summed E-state index contributed by atoms with van der Waals surface area (Å²) in [6, 6.07) is 9.23. The highest BCUT2D eigenvalue weighted by atomic mass is 16.2. The number of hydrogen-bond acceptors (Lipinski definition) is 3. The van der Waals surface area contributed by atoms with Crippen molar-refractivity contribution in [3.8, 4) is 0 Å². The zero-order valence-electron chi connectivity index (χ0n) is 18.8. The molecule has 1 saturated heterocycles. The Kier molecular flexibility index (Phi) is 8.92. The van der Waals surface area contributed by atoms with Crippen molar-refractivity contribution in [1.29, 1.82) is 0 Å². The van der Waals surface area contributed by atoms with E-state index in [9.17, 15) is 14.4 Å². The average molecular weight is 428 g/mol. The zero-order valence-corrected chi connectivity index (χ0v) is 18.8. The standard InChI is InChI=1S/C25H37N3O3/c1-2-3-4-8-13-23(29)28-18-9-12-22(28)25(31)27-21-16-14-20(15-17-21)26-24(30)19-10-6-5-7-11-19/h5-7,10-11,20-22H,2-4,8-9,12-18H2,1H3,(H,26,30)(H,27,31)/t20?,21?,22-/m0/s1. The predicted molar refractivity (Wildman–Crippen MR) is 122 cm³/mol. The summed E-state index contributed by atoms with van der Waals surface area (Å²) in [6.45, 7) is 2.86. The van der Waals surface area contributed by atoms with Gasteiger partial charge in [0.1, 0.15) is 6.04 Å². The minimum Gasteiger partial charge on any atom is -0.352 e. The molecule has 1 aromatic rings. The van der Waals surface area contributed by atoms with Gasteiger partial charge in [-0.2, -0.15) is 0 Å². The molecular formula is C25H37N3O3. The fourth-order valence-corrected chi connectivity index (χ4v) is 4.72. The SMILES string of the molecule is CCCCCCC(=O)N1CCC[C@H]1C(=O)NC1CCC(NC(=O)c2ccccc2)CC1. The highest BCUT2D eigenvalue weighted by Gasteiger charge is 2.35. The van der Waals surface area contributed by atoms with Crippen LogP contribution in [0.3, 0.4) is 0 Å². The summed E-state index contributed by atoms with van der Waals surface area (Å²) >= 11 is 0. The second kappa shape index (κ2) is 11.9. The summed E-state index contributed by atoms with van der Waals surface area (Å²) in [4.78, 5) is 39.6. The van der Waals surface area contributed by atoms with Crippen molar-refractivity contribution in [3.63, 3.8) is 0 Å². The normalized spacial score (nSPS) is 23.4. The molecule has 0 aromatic heterocycles. The lowest BCUT2D eigenvalue weighted by molar-refractivity contribution is -0.138. The van der Waals surface area contributed by atoms with Crippen molar-refractivity contribution in [2.24, 2.45) is 0 Å². The van der Waals surface area contributed by atoms with E-state index in [0.29, 0.717) is 18.5 Å². The van der Waals surface area contributed by atoms with Crippen LogP contribution in [0.2, 0.25) is 0 Å². The second-order valence-electron chi connectivity index (χ2n) is 8.95. The van der Waals surface area contributed by atoms with E-state index in [2.05, 4.69) is 17.6 Å². The highest BCUT2D eigenvalue weighted by molar-refractivity contribution is 5.94. The first-order valence-electron chi connectivity index (χ1n) is 12.0. The van der Waals surface area contributed by atoms with Gasteiger partial charge in [-0.3, -0.25) is 14.4 Å². The maximum Gasteiger partial charge on any atom is 0.251 e. The van der Waals surface area contributed by atoms with Crippen LogP contribution >= 0.6 is 0 Å². The summed E-state index contributed by atoms with van der Waals surface area (Å²) in [6.07, 6.45) is 9.93. The van der Waals surface area contributed by atoms with Crippen molar-refractivity contribution in [2.45, 2.75) is 95.7 Å². The molecule has 0 unspecified atom stereocenters. The number of amides is 3. The van der Waals surface area contributed by atoms with E-state index in [1.165, 1.54) is 0 Å². The second-order valence-corrected chi connectivity index (χ2v) is 8.95. The molecule has 1 saturated carbocycles. The summed E-state index contributed by atoms with van der Waals surface area (Å²) in [7, 11) is 0. The van der Waals surface area contributed by atoms with Crippen LogP contribution in [0.5, 0.6) is 0 Å². The van der Waals surface area contributed by atoms with E-state index in [1.807, 2.05) is 30.3 Å². The maximum atomic E-state index is 12.9. The number of nitrogens with one attached hydrogen (secondary N) is 2. The Bertz CT molecular complexity index is 729. The quantitative estimate of drug-likeness (QED) is 0.588. The highest BCUT2D eigenvalue weighted by Crippen LogP contribution is 2.23. The van der Waals surface area contributed by atoms with Gasteiger partial charge in [-0.05, 0) is 57.1 Å². The number of benzene rings is 1. The third-order valence-corrected chi connectivity index (χ3v) is 6.56. The van der Waals surface area contributed by atoms with Crippen LogP contribution < -0.4 is 10.6 Å². The van der Waals surface area contributed by atoms with Crippen LogP contribution in [0.15, 0.2) is 30.3 Å². The van der Waals surface area contributed by atoms with Crippen LogP contribution in [0.1, 0.15) is 87.9 Å². The number of nitrogens with zero attached hydrogens (tertiary/aromatic N) is 1. The number of rotatable bonds is 9. The van der Waals surface area contributed by atoms with Gasteiger partial charge in [0.2, 0.25) is 11.8 Å². The van der Waals surface area contributed by atoms with Crippen LogP contribution in [-0.2, 0) is 9.59 Å². The van der Waals surface area contributed by atoms with Gasteiger partial charge in [-0.25, -0.2) is 0 Å². The Morgan fingerprint density at radius 2 is 1.58 bits per heavy atom. The van der Waals surface area contributed by atoms with E-state index < -0.39 is 0 Å². The van der Waals surface area contributed by atoms with E-state index >= 15 is 0 Å². The summed E-state index contributed by atoms with van der Waals surface area (Å²) in [5, 5.41) is 6.29. The molecule has 3 rings (SSSR count). The Labute approximate surface area is 186 Å². The average Bonchev–Trinajstić information content (AvgIpc) is 3.29. The molecule has 6 heteroatoms. The van der Waals surface area contributed by atoms with Gasteiger partial charge in [-0.1, -0.05) is 44.4 Å². The van der Waals surface area contributed by atoms with Gasteiger partial charge in [0.25, 0.3) is 5.91 Å². The number of carbonyl (C=O) groups is 3. The molecule has 1 aliphatic carbocycles. The molecule has 170 valence electrons. The lowest BCUT2D eigenvalue weighted by Gasteiger charge is -2.31. The molecule has 2 aliphatic rings. The smallest absolute Gasteiger partial charge is 0.251 e. The zero-order chi connectivity index (χ0) is 22.1. The number of likely N-dealkylation sites (tertiary alicyclic amines) is 1. The first-order valence-corrected chi connectivity index (χ1v) is 12.0. The van der Waals surface area contributed by atoms with Crippen molar-refractivity contribution >= 4 is 17.7 Å². The molecule has 0 spiro atoms. The Balaban J connectivity index is 1.40. The van der Waals surface area contributed by atoms with Crippen molar-refractivity contribution < 1.29 is 14.4 Å². The fraction of sp³-hybridized carbons (Fsp3) is 0.640. The molecule has 2 fully saturated rings. The molecular weight excluding hydrogens is 390 g/mol. The predicted octanol–water partition coefficient (Wildman–Crippen LogP) is 3.81. The summed E-state index contributed by atoms with van der Waals surface area (Å²) in [5.41, 5.74) is 0.679. The molecule has 1 aliphatic heterocycles. The number of hydrogen-bond donors (Lipinski definition) is 2. The van der Waals surface area contributed by atoms with Crippen molar-refractivity contribution in [2.75, 3.05) is 6.54 Å². The minimum atomic E-state index is -0.311. The lowest BCUT2D eigenvalue weighted by atomic mass is 9.90. The van der Waals surface area contributed by atoms with E-state index in [1.54, 1.807) is 4.90 Å². The third-order valence-electron chi connectivity index (χ3n) is 6.56. The first kappa shape index (κ1) is 23.3. The van der Waals surface area contributed by atoms with Gasteiger partial charge in [-0.15, -0.1) is 0 Å². The molecule has 0 bridgehead atoms. The van der Waals surface area contributed by atoms with Crippen LogP contribution in [0, 0.1) is 0 Å². The molecule has 2 N–H and O–H groups in total. The number of carbonyl (C=O) groups excluding carboxylic acids is 3. The van der Waals surface area contributed by atoms with Gasteiger partial charge in [0.15, 0.2) is 0 Å². The molecule has 3 amide bonds. The molecule has 6 nitrogen and oxygen atoms in total. The van der Waals surface area contributed by atoms with E-state index in [4.69, 9.17) is 0 Å². The number of unbranched alkanes of at least 4 members (excludes halogenated alkanes) is 3. The molecule has 31 heavy (non-hydrogen) atoms. The summed E-state index contributed by atoms with van der Waals surface area (Å²) in [5.74, 6) is 0.0874. The van der Waals surface area contributed by atoms with Gasteiger partial charge in [0, 0.05) is 30.6 Å².